The molecule has 36 heavy (non-hydrogen) atoms. The molecule has 0 unspecified atom stereocenters. The minimum absolute atomic E-state index is 0.000152. The number of amides is 1. The van der Waals surface area contributed by atoms with Crippen molar-refractivity contribution in [3.63, 3.8) is 0 Å². The SMILES string of the molecule is C[C@@H]1CN([C@H](C)CO)C(=O)c2cc(C#CC3(O)CCCC3)cnc2O[C@H]1CN(C)Cc1ccccn1. The molecule has 8 heteroatoms. The minimum Gasteiger partial charge on any atom is -0.472 e. The lowest BCUT2D eigenvalue weighted by molar-refractivity contribution is 0.0324. The maximum Gasteiger partial charge on any atom is 0.259 e. The van der Waals surface area contributed by atoms with Crippen molar-refractivity contribution in [3.05, 3.63) is 53.5 Å². The smallest absolute Gasteiger partial charge is 0.259 e. The van der Waals surface area contributed by atoms with Crippen molar-refractivity contribution in [3.8, 4) is 17.7 Å². The Morgan fingerprint density at radius 3 is 2.78 bits per heavy atom. The highest BCUT2D eigenvalue weighted by Crippen LogP contribution is 2.30. The molecule has 1 aliphatic carbocycles. The predicted octanol–water partition coefficient (Wildman–Crippen LogP) is 2.49. The largest absolute Gasteiger partial charge is 0.472 e. The van der Waals surface area contributed by atoms with Gasteiger partial charge in [-0.3, -0.25) is 14.7 Å². The molecule has 0 radical (unpaired) electrons. The molecule has 0 saturated heterocycles. The van der Waals surface area contributed by atoms with Crippen LogP contribution in [0.25, 0.3) is 0 Å². The fourth-order valence-corrected chi connectivity index (χ4v) is 4.80. The van der Waals surface area contributed by atoms with Gasteiger partial charge in [0.05, 0.1) is 18.3 Å². The highest BCUT2D eigenvalue weighted by atomic mass is 16.5. The Labute approximate surface area is 213 Å². The van der Waals surface area contributed by atoms with Gasteiger partial charge in [0.25, 0.3) is 5.91 Å². The summed E-state index contributed by atoms with van der Waals surface area (Å²) in [6.45, 7) is 5.47. The topological polar surface area (TPSA) is 99.0 Å². The van der Waals surface area contributed by atoms with E-state index in [1.807, 2.05) is 32.2 Å². The van der Waals surface area contributed by atoms with Gasteiger partial charge in [0.15, 0.2) is 0 Å². The number of rotatable bonds is 6. The van der Waals surface area contributed by atoms with E-state index in [2.05, 4.69) is 33.6 Å². The zero-order chi connectivity index (χ0) is 25.7. The number of pyridine rings is 2. The Balaban J connectivity index is 1.61. The van der Waals surface area contributed by atoms with E-state index in [0.717, 1.165) is 18.5 Å². The van der Waals surface area contributed by atoms with E-state index in [1.165, 1.54) is 0 Å². The highest BCUT2D eigenvalue weighted by Gasteiger charge is 2.34. The predicted molar refractivity (Wildman–Crippen MR) is 136 cm³/mol. The third kappa shape index (κ3) is 6.22. The number of hydrogen-bond acceptors (Lipinski definition) is 7. The van der Waals surface area contributed by atoms with E-state index in [1.54, 1.807) is 23.4 Å². The molecule has 3 heterocycles. The van der Waals surface area contributed by atoms with Gasteiger partial charge in [0.2, 0.25) is 5.88 Å². The second-order valence-electron chi connectivity index (χ2n) is 10.2. The average molecular weight is 493 g/mol. The average Bonchev–Trinajstić information content (AvgIpc) is 3.31. The summed E-state index contributed by atoms with van der Waals surface area (Å²) in [7, 11) is 2.02. The fourth-order valence-electron chi connectivity index (χ4n) is 4.80. The number of aromatic nitrogens is 2. The first-order valence-corrected chi connectivity index (χ1v) is 12.7. The van der Waals surface area contributed by atoms with Crippen LogP contribution in [0.3, 0.4) is 0 Å². The van der Waals surface area contributed by atoms with Crippen LogP contribution in [0.2, 0.25) is 0 Å². The first-order valence-electron chi connectivity index (χ1n) is 12.7. The molecule has 2 N–H and O–H groups in total. The van der Waals surface area contributed by atoms with Gasteiger partial charge in [0, 0.05) is 43.5 Å². The van der Waals surface area contributed by atoms with Crippen LogP contribution in [0.5, 0.6) is 5.88 Å². The second-order valence-corrected chi connectivity index (χ2v) is 10.2. The number of aliphatic hydroxyl groups excluding tert-OH is 1. The van der Waals surface area contributed by atoms with Crippen LogP contribution < -0.4 is 4.74 Å². The molecule has 4 rings (SSSR count). The van der Waals surface area contributed by atoms with Gasteiger partial charge >= 0.3 is 0 Å². The summed E-state index contributed by atoms with van der Waals surface area (Å²) >= 11 is 0. The normalized spacial score (nSPS) is 22.2. The van der Waals surface area contributed by atoms with E-state index in [4.69, 9.17) is 4.74 Å². The zero-order valence-electron chi connectivity index (χ0n) is 21.4. The van der Waals surface area contributed by atoms with Crippen molar-refractivity contribution in [1.82, 2.24) is 19.8 Å². The van der Waals surface area contributed by atoms with E-state index in [-0.39, 0.29) is 36.5 Å². The summed E-state index contributed by atoms with van der Waals surface area (Å²) in [6.07, 6.45) is 6.39. The number of aliphatic hydroxyl groups is 2. The van der Waals surface area contributed by atoms with E-state index in [9.17, 15) is 15.0 Å². The second kappa shape index (κ2) is 11.4. The molecule has 1 amide bonds. The van der Waals surface area contributed by atoms with E-state index < -0.39 is 5.60 Å². The summed E-state index contributed by atoms with van der Waals surface area (Å²) in [6, 6.07) is 7.19. The van der Waals surface area contributed by atoms with Crippen molar-refractivity contribution in [1.29, 1.82) is 0 Å². The third-order valence-electron chi connectivity index (χ3n) is 7.04. The van der Waals surface area contributed by atoms with Gasteiger partial charge in [-0.2, -0.15) is 0 Å². The highest BCUT2D eigenvalue weighted by molar-refractivity contribution is 5.97. The molecule has 8 nitrogen and oxygen atoms in total. The number of fused-ring (bicyclic) bond motifs is 1. The van der Waals surface area contributed by atoms with Crippen LogP contribution in [0, 0.1) is 17.8 Å². The van der Waals surface area contributed by atoms with Gasteiger partial charge in [0.1, 0.15) is 17.3 Å². The lowest BCUT2D eigenvalue weighted by atomic mass is 9.99. The van der Waals surface area contributed by atoms with E-state index in [0.29, 0.717) is 43.6 Å². The van der Waals surface area contributed by atoms with Crippen LogP contribution in [-0.2, 0) is 6.54 Å². The van der Waals surface area contributed by atoms with Crippen molar-refractivity contribution in [2.24, 2.45) is 5.92 Å². The Morgan fingerprint density at radius 1 is 1.31 bits per heavy atom. The van der Waals surface area contributed by atoms with Crippen LogP contribution in [0.4, 0.5) is 0 Å². The van der Waals surface area contributed by atoms with Crippen molar-refractivity contribution < 1.29 is 19.7 Å². The molecular weight excluding hydrogens is 456 g/mol. The molecule has 2 aliphatic rings. The number of nitrogens with zero attached hydrogens (tertiary/aromatic N) is 4. The van der Waals surface area contributed by atoms with Gasteiger partial charge < -0.3 is 19.8 Å². The fraction of sp³-hybridized carbons (Fsp3) is 0.536. The van der Waals surface area contributed by atoms with Crippen molar-refractivity contribution in [2.45, 2.75) is 63.8 Å². The number of likely N-dealkylation sites (N-methyl/N-ethyl adjacent to an activating group) is 1. The molecular formula is C28H36N4O4. The number of hydrogen-bond donors (Lipinski definition) is 2. The standard InChI is InChI=1S/C28H36N4O4/c1-20-16-32(21(2)19-33)27(34)24-14-22(9-12-28(35)10-5-6-11-28)15-30-26(24)36-25(20)18-31(3)17-23-8-4-7-13-29-23/h4,7-8,13-15,20-21,25,33,35H,5-6,10-11,16-19H2,1-3H3/t20-,21-,25+/m1/s1. The first-order chi connectivity index (χ1) is 17.3. The van der Waals surface area contributed by atoms with E-state index >= 15 is 0 Å². The summed E-state index contributed by atoms with van der Waals surface area (Å²) in [5.74, 6) is 6.02. The zero-order valence-corrected chi connectivity index (χ0v) is 21.4. The molecule has 0 bridgehead atoms. The summed E-state index contributed by atoms with van der Waals surface area (Å²) < 4.78 is 6.36. The summed E-state index contributed by atoms with van der Waals surface area (Å²) in [5.41, 5.74) is 0.876. The van der Waals surface area contributed by atoms with Gasteiger partial charge in [-0.15, -0.1) is 0 Å². The quantitative estimate of drug-likeness (QED) is 0.598. The van der Waals surface area contributed by atoms with Crippen LogP contribution in [0.1, 0.15) is 61.1 Å². The Morgan fingerprint density at radius 2 is 2.08 bits per heavy atom. The minimum atomic E-state index is -0.971. The molecule has 0 aromatic carbocycles. The Hall–Kier alpha value is -2.99. The lowest BCUT2D eigenvalue weighted by Crippen LogP contribution is -2.49. The van der Waals surface area contributed by atoms with Crippen molar-refractivity contribution >= 4 is 5.91 Å². The molecule has 0 spiro atoms. The van der Waals surface area contributed by atoms with Gasteiger partial charge in [-0.1, -0.05) is 24.8 Å². The summed E-state index contributed by atoms with van der Waals surface area (Å²) in [4.78, 5) is 26.3. The number of carbonyl (C=O) groups excluding carboxylic acids is 1. The van der Waals surface area contributed by atoms with Gasteiger partial charge in [-0.25, -0.2) is 4.98 Å². The van der Waals surface area contributed by atoms with Crippen LogP contribution >= 0.6 is 0 Å². The Bertz CT molecular complexity index is 1110. The van der Waals surface area contributed by atoms with Crippen LogP contribution in [-0.4, -0.2) is 80.4 Å². The Kier molecular flexibility index (Phi) is 8.24. The molecule has 192 valence electrons. The molecule has 3 atom stereocenters. The summed E-state index contributed by atoms with van der Waals surface area (Å²) in [5, 5.41) is 20.5. The third-order valence-corrected chi connectivity index (χ3v) is 7.04. The molecule has 1 fully saturated rings. The molecule has 1 aliphatic heterocycles. The molecule has 1 saturated carbocycles. The lowest BCUT2D eigenvalue weighted by Gasteiger charge is -2.37. The molecule has 2 aromatic rings. The maximum absolute atomic E-state index is 13.6. The maximum atomic E-state index is 13.6. The number of ether oxygens (including phenoxy) is 1. The van der Waals surface area contributed by atoms with Crippen LogP contribution in [0.15, 0.2) is 36.7 Å². The van der Waals surface area contributed by atoms with Crippen molar-refractivity contribution in [2.75, 3.05) is 26.7 Å². The molecule has 2 aromatic heterocycles. The number of carbonyl (C=O) groups is 1. The monoisotopic (exact) mass is 492 g/mol. The van der Waals surface area contributed by atoms with Gasteiger partial charge in [-0.05, 0) is 57.9 Å². The first kappa shape index (κ1) is 26.1.